The number of rotatable bonds is 5. The second-order valence-electron chi connectivity index (χ2n) is 5.80. The van der Waals surface area contributed by atoms with Crippen LogP contribution in [0.15, 0.2) is 0 Å². The minimum atomic E-state index is -3.00. The van der Waals surface area contributed by atoms with E-state index in [1.165, 1.54) is 0 Å². The van der Waals surface area contributed by atoms with Gasteiger partial charge in [0.2, 0.25) is 0 Å². The van der Waals surface area contributed by atoms with Crippen molar-refractivity contribution in [2.24, 2.45) is 0 Å². The Balaban J connectivity index is 2.35. The van der Waals surface area contributed by atoms with Crippen LogP contribution in [-0.4, -0.2) is 73.9 Å². The summed E-state index contributed by atoms with van der Waals surface area (Å²) in [6, 6.07) is 0. The third kappa shape index (κ3) is 4.68. The molecule has 1 rings (SSSR count). The van der Waals surface area contributed by atoms with E-state index in [1.54, 1.807) is 20.8 Å². The molecule has 4 nitrogen and oxygen atoms in total. The van der Waals surface area contributed by atoms with E-state index in [1.807, 2.05) is 0 Å². The second-order valence-corrected chi connectivity index (χ2v) is 9.04. The number of halogens is 1. The number of hydrogen-bond donors (Lipinski definition) is 0. The normalized spacial score (nSPS) is 20.2. The third-order valence-corrected chi connectivity index (χ3v) is 6.23. The van der Waals surface area contributed by atoms with Gasteiger partial charge in [-0.2, -0.15) is 0 Å². The molecule has 0 amide bonds. The number of hydrogen-bond acceptors (Lipinski definition) is 4. The Morgan fingerprint density at radius 1 is 1.00 bits per heavy atom. The maximum Gasteiger partial charge on any atom is 0.156 e. The summed E-state index contributed by atoms with van der Waals surface area (Å²) in [5.41, 5.74) is 0. The van der Waals surface area contributed by atoms with Crippen LogP contribution in [0, 0.1) is 0 Å². The van der Waals surface area contributed by atoms with Crippen LogP contribution < -0.4 is 0 Å². The number of alkyl halides is 1. The van der Waals surface area contributed by atoms with Crippen LogP contribution in [0.3, 0.4) is 0 Å². The topological polar surface area (TPSA) is 40.6 Å². The molecule has 0 aromatic rings. The number of nitrogens with zero attached hydrogens (tertiary/aromatic N) is 2. The molecule has 1 aliphatic heterocycles. The van der Waals surface area contributed by atoms with E-state index in [0.29, 0.717) is 12.4 Å². The molecule has 0 bridgehead atoms. The van der Waals surface area contributed by atoms with E-state index in [-0.39, 0.29) is 5.75 Å². The Bertz CT molecular complexity index is 344. The smallest absolute Gasteiger partial charge is 0.156 e. The quantitative estimate of drug-likeness (QED) is 0.711. The molecule has 0 saturated carbocycles. The van der Waals surface area contributed by atoms with Crippen LogP contribution in [0.5, 0.6) is 0 Å². The van der Waals surface area contributed by atoms with Gasteiger partial charge in [-0.1, -0.05) is 0 Å². The molecule has 18 heavy (non-hydrogen) atoms. The van der Waals surface area contributed by atoms with Crippen LogP contribution in [0.25, 0.3) is 0 Å². The Morgan fingerprint density at radius 3 is 1.83 bits per heavy atom. The molecule has 0 spiro atoms. The van der Waals surface area contributed by atoms with Gasteiger partial charge >= 0.3 is 0 Å². The highest BCUT2D eigenvalue weighted by Crippen LogP contribution is 2.16. The van der Waals surface area contributed by atoms with Crippen molar-refractivity contribution in [3.05, 3.63) is 0 Å². The van der Waals surface area contributed by atoms with Gasteiger partial charge in [0.25, 0.3) is 0 Å². The van der Waals surface area contributed by atoms with Crippen LogP contribution in [0.2, 0.25) is 0 Å². The van der Waals surface area contributed by atoms with E-state index in [9.17, 15) is 8.42 Å². The molecule has 6 heteroatoms. The minimum Gasteiger partial charge on any atom is -0.300 e. The zero-order valence-electron chi connectivity index (χ0n) is 11.7. The largest absolute Gasteiger partial charge is 0.300 e. The fourth-order valence-corrected chi connectivity index (χ4v) is 3.26. The van der Waals surface area contributed by atoms with Crippen molar-refractivity contribution in [2.75, 3.05) is 50.9 Å². The van der Waals surface area contributed by atoms with Gasteiger partial charge in [0.1, 0.15) is 0 Å². The maximum atomic E-state index is 12.0. The summed E-state index contributed by atoms with van der Waals surface area (Å²) < 4.78 is 23.4. The van der Waals surface area contributed by atoms with Crippen molar-refractivity contribution in [2.45, 2.75) is 25.5 Å². The lowest BCUT2D eigenvalue weighted by atomic mass is 10.3. The standard InChI is InChI=1S/C12H25ClN2O2S/c1-12(2,3)18(16,17)11-10-15-8-6-14(5-4-13)7-9-15/h4-11H2,1-3H3. The van der Waals surface area contributed by atoms with Crippen LogP contribution in [-0.2, 0) is 9.84 Å². The predicted octanol–water partition coefficient (Wildman–Crippen LogP) is 1.06. The summed E-state index contributed by atoms with van der Waals surface area (Å²) >= 11 is 5.71. The maximum absolute atomic E-state index is 12.0. The van der Waals surface area contributed by atoms with E-state index in [0.717, 1.165) is 32.7 Å². The van der Waals surface area contributed by atoms with Crippen molar-refractivity contribution in [1.82, 2.24) is 9.80 Å². The van der Waals surface area contributed by atoms with E-state index >= 15 is 0 Å². The van der Waals surface area contributed by atoms with Crippen LogP contribution in [0.1, 0.15) is 20.8 Å². The van der Waals surface area contributed by atoms with Gasteiger partial charge < -0.3 is 0 Å². The Kier molecular flexibility index (Phi) is 5.90. The Morgan fingerprint density at radius 2 is 1.44 bits per heavy atom. The minimum absolute atomic E-state index is 0.256. The fourth-order valence-electron chi connectivity index (χ4n) is 1.91. The summed E-state index contributed by atoms with van der Waals surface area (Å²) in [7, 11) is -3.00. The molecule has 1 heterocycles. The van der Waals surface area contributed by atoms with Crippen molar-refractivity contribution in [3.8, 4) is 0 Å². The first kappa shape index (κ1) is 16.2. The van der Waals surface area contributed by atoms with Crippen LogP contribution in [0.4, 0.5) is 0 Å². The molecular formula is C12H25ClN2O2S. The average Bonchev–Trinajstić information content (AvgIpc) is 2.27. The number of piperazine rings is 1. The van der Waals surface area contributed by atoms with Gasteiger partial charge in [-0.25, -0.2) is 8.42 Å². The lowest BCUT2D eigenvalue weighted by molar-refractivity contribution is 0.143. The van der Waals surface area contributed by atoms with Gasteiger partial charge in [0, 0.05) is 45.1 Å². The van der Waals surface area contributed by atoms with Crippen molar-refractivity contribution < 1.29 is 8.42 Å². The lowest BCUT2D eigenvalue weighted by Crippen LogP contribution is -2.48. The predicted molar refractivity (Wildman–Crippen MR) is 77.1 cm³/mol. The summed E-state index contributed by atoms with van der Waals surface area (Å²) in [4.78, 5) is 4.55. The van der Waals surface area contributed by atoms with Crippen LogP contribution >= 0.6 is 11.6 Å². The molecule has 0 aromatic carbocycles. The Labute approximate surface area is 116 Å². The van der Waals surface area contributed by atoms with Gasteiger partial charge in [-0.3, -0.25) is 9.80 Å². The molecule has 1 fully saturated rings. The zero-order valence-corrected chi connectivity index (χ0v) is 13.2. The average molecular weight is 297 g/mol. The first-order valence-electron chi connectivity index (χ1n) is 6.49. The molecule has 0 aliphatic carbocycles. The van der Waals surface area contributed by atoms with E-state index < -0.39 is 14.6 Å². The van der Waals surface area contributed by atoms with Crippen molar-refractivity contribution in [3.63, 3.8) is 0 Å². The second kappa shape index (κ2) is 6.55. The molecule has 0 N–H and O–H groups in total. The molecule has 1 saturated heterocycles. The molecule has 1 aliphatic rings. The highest BCUT2D eigenvalue weighted by molar-refractivity contribution is 7.92. The molecule has 0 unspecified atom stereocenters. The molecule has 108 valence electrons. The third-order valence-electron chi connectivity index (χ3n) is 3.47. The monoisotopic (exact) mass is 296 g/mol. The lowest BCUT2D eigenvalue weighted by Gasteiger charge is -2.34. The van der Waals surface area contributed by atoms with E-state index in [2.05, 4.69) is 9.80 Å². The highest BCUT2D eigenvalue weighted by atomic mass is 35.5. The van der Waals surface area contributed by atoms with Crippen molar-refractivity contribution >= 4 is 21.4 Å². The summed E-state index contributed by atoms with van der Waals surface area (Å²) in [6.45, 7) is 10.7. The van der Waals surface area contributed by atoms with Gasteiger partial charge in [-0.15, -0.1) is 11.6 Å². The summed E-state index contributed by atoms with van der Waals surface area (Å²) in [5, 5.41) is 0. The van der Waals surface area contributed by atoms with Gasteiger partial charge in [-0.05, 0) is 20.8 Å². The highest BCUT2D eigenvalue weighted by Gasteiger charge is 2.29. The summed E-state index contributed by atoms with van der Waals surface area (Å²) in [6.07, 6.45) is 0. The summed E-state index contributed by atoms with van der Waals surface area (Å²) in [5.74, 6) is 0.921. The Hall–Kier alpha value is 0.160. The first-order valence-corrected chi connectivity index (χ1v) is 8.68. The molecular weight excluding hydrogens is 272 g/mol. The SMILES string of the molecule is CC(C)(C)S(=O)(=O)CCN1CCN(CCCl)CC1. The molecule has 0 aromatic heterocycles. The van der Waals surface area contributed by atoms with Gasteiger partial charge in [0.05, 0.1) is 10.5 Å². The fraction of sp³-hybridized carbons (Fsp3) is 1.00. The number of sulfone groups is 1. The van der Waals surface area contributed by atoms with Gasteiger partial charge in [0.15, 0.2) is 9.84 Å². The zero-order chi connectivity index (χ0) is 13.8. The molecule has 0 atom stereocenters. The van der Waals surface area contributed by atoms with E-state index in [4.69, 9.17) is 11.6 Å². The first-order chi connectivity index (χ1) is 8.26. The molecule has 0 radical (unpaired) electrons. The van der Waals surface area contributed by atoms with Crippen molar-refractivity contribution in [1.29, 1.82) is 0 Å².